The van der Waals surface area contributed by atoms with Crippen LogP contribution < -0.4 is 10.6 Å². The number of carbonyl (C=O) groups is 1. The molecule has 7 heteroatoms. The van der Waals surface area contributed by atoms with Crippen LogP contribution in [0.5, 0.6) is 0 Å². The number of imidazole rings is 1. The maximum absolute atomic E-state index is 12.4. The summed E-state index contributed by atoms with van der Waals surface area (Å²) in [5.74, 6) is 2.35. The van der Waals surface area contributed by atoms with Gasteiger partial charge in [-0.2, -0.15) is 0 Å². The Morgan fingerprint density at radius 2 is 2.12 bits per heavy atom. The average molecular weight is 377 g/mol. The third kappa shape index (κ3) is 5.11. The summed E-state index contributed by atoms with van der Waals surface area (Å²) in [6, 6.07) is 0.550. The van der Waals surface area contributed by atoms with Crippen molar-refractivity contribution in [1.82, 2.24) is 20.2 Å². The molecule has 1 amide bonds. The fourth-order valence-corrected chi connectivity index (χ4v) is 3.88. The lowest BCUT2D eigenvalue weighted by molar-refractivity contribution is -0.123. The fourth-order valence-electron chi connectivity index (χ4n) is 3.88. The molecule has 3 rings (SSSR count). The van der Waals surface area contributed by atoms with Crippen LogP contribution in [0.3, 0.4) is 0 Å². The summed E-state index contributed by atoms with van der Waals surface area (Å²) in [6.45, 7) is 5.84. The second-order valence-electron chi connectivity index (χ2n) is 7.21. The quantitative estimate of drug-likeness (QED) is 0.830. The zero-order valence-electron chi connectivity index (χ0n) is 14.5. The number of nitrogens with one attached hydrogen (secondary N) is 2. The minimum atomic E-state index is -0.0124. The first-order valence-corrected chi connectivity index (χ1v) is 8.67. The van der Waals surface area contributed by atoms with Crippen molar-refractivity contribution in [2.24, 2.45) is 11.8 Å². The van der Waals surface area contributed by atoms with Gasteiger partial charge in [-0.1, -0.05) is 26.7 Å². The molecule has 2 heterocycles. The normalized spacial score (nSPS) is 25.5. The lowest BCUT2D eigenvalue weighted by Crippen LogP contribution is -2.43. The molecular formula is C17H30Cl2N4O. The van der Waals surface area contributed by atoms with E-state index in [1.165, 1.54) is 25.7 Å². The summed E-state index contributed by atoms with van der Waals surface area (Å²) >= 11 is 0. The predicted octanol–water partition coefficient (Wildman–Crippen LogP) is 2.92. The maximum Gasteiger partial charge on any atom is 0.237 e. The molecule has 5 nitrogen and oxygen atoms in total. The summed E-state index contributed by atoms with van der Waals surface area (Å²) < 4.78 is 2.13. The second kappa shape index (κ2) is 9.64. The summed E-state index contributed by atoms with van der Waals surface area (Å²) in [5, 5.41) is 6.60. The highest BCUT2D eigenvalue weighted by Gasteiger charge is 2.38. The largest absolute Gasteiger partial charge is 0.348 e. The third-order valence-corrected chi connectivity index (χ3v) is 4.96. The second-order valence-corrected chi connectivity index (χ2v) is 7.21. The van der Waals surface area contributed by atoms with Gasteiger partial charge >= 0.3 is 0 Å². The van der Waals surface area contributed by atoms with Crippen molar-refractivity contribution in [3.05, 3.63) is 18.2 Å². The van der Waals surface area contributed by atoms with Gasteiger partial charge in [0.1, 0.15) is 5.82 Å². The summed E-state index contributed by atoms with van der Waals surface area (Å²) in [7, 11) is 0. The number of halogens is 2. The molecule has 1 aliphatic heterocycles. The van der Waals surface area contributed by atoms with E-state index < -0.39 is 0 Å². The van der Waals surface area contributed by atoms with Crippen molar-refractivity contribution in [1.29, 1.82) is 0 Å². The van der Waals surface area contributed by atoms with E-state index in [0.717, 1.165) is 18.8 Å². The van der Waals surface area contributed by atoms with Crippen molar-refractivity contribution in [2.75, 3.05) is 0 Å². The van der Waals surface area contributed by atoms with Gasteiger partial charge in [0, 0.05) is 25.0 Å². The maximum atomic E-state index is 12.4. The molecule has 2 fully saturated rings. The minimum Gasteiger partial charge on any atom is -0.348 e. The Balaban J connectivity index is 0.00000144. The first-order valence-electron chi connectivity index (χ1n) is 8.67. The predicted molar refractivity (Wildman–Crippen MR) is 101 cm³/mol. The Hall–Kier alpha value is -0.780. The van der Waals surface area contributed by atoms with Gasteiger partial charge in [0.2, 0.25) is 5.91 Å². The van der Waals surface area contributed by atoms with E-state index >= 15 is 0 Å². The van der Waals surface area contributed by atoms with Crippen molar-refractivity contribution in [3.63, 3.8) is 0 Å². The lowest BCUT2D eigenvalue weighted by atomic mass is 9.85. The molecule has 1 aromatic heterocycles. The first kappa shape index (κ1) is 21.3. The smallest absolute Gasteiger partial charge is 0.237 e. The lowest BCUT2D eigenvalue weighted by Gasteiger charge is -2.24. The van der Waals surface area contributed by atoms with E-state index in [-0.39, 0.29) is 36.8 Å². The van der Waals surface area contributed by atoms with Gasteiger partial charge in [-0.15, -0.1) is 24.8 Å². The number of carbonyl (C=O) groups excluding carboxylic acids is 1. The van der Waals surface area contributed by atoms with Crippen LogP contribution in [-0.2, 0) is 17.9 Å². The summed E-state index contributed by atoms with van der Waals surface area (Å²) in [5.41, 5.74) is 0. The molecular weight excluding hydrogens is 347 g/mol. The van der Waals surface area contributed by atoms with Gasteiger partial charge < -0.3 is 15.2 Å². The zero-order chi connectivity index (χ0) is 15.5. The number of hydrogen-bond acceptors (Lipinski definition) is 3. The molecule has 1 aromatic rings. The number of hydrogen-bond donors (Lipinski definition) is 2. The molecule has 3 atom stereocenters. The van der Waals surface area contributed by atoms with Crippen molar-refractivity contribution in [3.8, 4) is 0 Å². The Bertz CT molecular complexity index is 506. The molecule has 3 unspecified atom stereocenters. The van der Waals surface area contributed by atoms with Crippen LogP contribution in [0.2, 0.25) is 0 Å². The Labute approximate surface area is 157 Å². The molecule has 1 aliphatic carbocycles. The highest BCUT2D eigenvalue weighted by Crippen LogP contribution is 2.33. The molecule has 24 heavy (non-hydrogen) atoms. The van der Waals surface area contributed by atoms with Gasteiger partial charge in [-0.25, -0.2) is 4.98 Å². The molecule has 0 bridgehead atoms. The summed E-state index contributed by atoms with van der Waals surface area (Å²) in [4.78, 5) is 16.8. The van der Waals surface area contributed by atoms with Crippen molar-refractivity contribution in [2.45, 2.75) is 71.1 Å². The van der Waals surface area contributed by atoms with Crippen LogP contribution in [0, 0.1) is 11.8 Å². The van der Waals surface area contributed by atoms with Gasteiger partial charge in [-0.05, 0) is 31.1 Å². The van der Waals surface area contributed by atoms with Crippen LogP contribution in [0.1, 0.15) is 51.8 Å². The first-order chi connectivity index (χ1) is 10.6. The van der Waals surface area contributed by atoms with E-state index in [0.29, 0.717) is 24.4 Å². The number of amides is 1. The molecule has 2 N–H and O–H groups in total. The van der Waals surface area contributed by atoms with Crippen molar-refractivity contribution < 1.29 is 4.79 Å². The molecule has 1 saturated heterocycles. The van der Waals surface area contributed by atoms with E-state index in [4.69, 9.17) is 0 Å². The van der Waals surface area contributed by atoms with Crippen LogP contribution in [-0.4, -0.2) is 27.5 Å². The molecule has 0 spiro atoms. The molecule has 0 radical (unpaired) electrons. The topological polar surface area (TPSA) is 59.0 Å². The van der Waals surface area contributed by atoms with Crippen LogP contribution >= 0.6 is 24.8 Å². The highest BCUT2D eigenvalue weighted by molar-refractivity contribution is 5.85. The highest BCUT2D eigenvalue weighted by atomic mass is 35.5. The number of fused-ring (bicyclic) bond motifs is 1. The number of nitrogens with zero attached hydrogens (tertiary/aromatic N) is 2. The van der Waals surface area contributed by atoms with Crippen LogP contribution in [0.25, 0.3) is 0 Å². The standard InChI is InChI=1S/C17H28N4O.2ClH/c1-12(2)11-21-8-7-18-16(21)10-19-17(22)15-9-13-5-3-4-6-14(13)20-15;;/h7-8,12-15,20H,3-6,9-11H2,1-2H3,(H,19,22);2*1H. The Kier molecular flexibility index (Phi) is 8.54. The van der Waals surface area contributed by atoms with Gasteiger partial charge in [-0.3, -0.25) is 4.79 Å². The third-order valence-electron chi connectivity index (χ3n) is 4.96. The monoisotopic (exact) mass is 376 g/mol. The summed E-state index contributed by atoms with van der Waals surface area (Å²) in [6.07, 6.45) is 9.93. The van der Waals surface area contributed by atoms with E-state index in [1.807, 2.05) is 12.4 Å². The van der Waals surface area contributed by atoms with Crippen LogP contribution in [0.15, 0.2) is 12.4 Å². The molecule has 2 aliphatic rings. The van der Waals surface area contributed by atoms with Gasteiger partial charge in [0.15, 0.2) is 0 Å². The fraction of sp³-hybridized carbons (Fsp3) is 0.765. The van der Waals surface area contributed by atoms with Crippen LogP contribution in [0.4, 0.5) is 0 Å². The van der Waals surface area contributed by atoms with Gasteiger partial charge in [0.05, 0.1) is 12.6 Å². The van der Waals surface area contributed by atoms with E-state index in [2.05, 4.69) is 34.0 Å². The van der Waals surface area contributed by atoms with Crippen molar-refractivity contribution >= 4 is 30.7 Å². The molecule has 138 valence electrons. The SMILES string of the molecule is CC(C)Cn1ccnc1CNC(=O)C1CC2CCCCC2N1.Cl.Cl. The Morgan fingerprint density at radius 1 is 1.38 bits per heavy atom. The number of rotatable bonds is 5. The average Bonchev–Trinajstić information content (AvgIpc) is 3.10. The van der Waals surface area contributed by atoms with Gasteiger partial charge in [0.25, 0.3) is 0 Å². The zero-order valence-corrected chi connectivity index (χ0v) is 16.2. The number of aromatic nitrogens is 2. The molecule has 0 aromatic carbocycles. The Morgan fingerprint density at radius 3 is 2.83 bits per heavy atom. The van der Waals surface area contributed by atoms with E-state index in [1.54, 1.807) is 0 Å². The van der Waals surface area contributed by atoms with E-state index in [9.17, 15) is 4.79 Å². The molecule has 1 saturated carbocycles. The minimum absolute atomic E-state index is 0.